The number of nitrogens with zero attached hydrogens (tertiary/aromatic N) is 1. The monoisotopic (exact) mass is 368 g/mol. The summed E-state index contributed by atoms with van der Waals surface area (Å²) in [6, 6.07) is 8.16. The molecule has 0 saturated heterocycles. The first-order chi connectivity index (χ1) is 11.5. The van der Waals surface area contributed by atoms with E-state index in [0.29, 0.717) is 18.0 Å². The third-order valence-corrected chi connectivity index (χ3v) is 3.50. The molecule has 1 N–H and O–H groups in total. The van der Waals surface area contributed by atoms with Crippen LogP contribution in [-0.4, -0.2) is 30.1 Å². The molecule has 0 atom stereocenters. The lowest BCUT2D eigenvalue weighted by Crippen LogP contribution is -2.21. The number of esters is 1. The third-order valence-electron chi connectivity index (χ3n) is 2.82. The molecule has 0 radical (unpaired) electrons. The highest BCUT2D eigenvalue weighted by Gasteiger charge is 2.12. The second kappa shape index (κ2) is 8.52. The van der Waals surface area contributed by atoms with E-state index in [1.54, 1.807) is 24.3 Å². The van der Waals surface area contributed by atoms with E-state index in [9.17, 15) is 9.59 Å². The van der Waals surface area contributed by atoms with Crippen LogP contribution >= 0.6 is 23.2 Å². The Morgan fingerprint density at radius 3 is 2.54 bits per heavy atom. The normalized spacial score (nSPS) is 10.1. The zero-order chi connectivity index (χ0) is 17.5. The van der Waals surface area contributed by atoms with E-state index in [1.165, 1.54) is 12.3 Å². The van der Waals surface area contributed by atoms with Gasteiger partial charge in [0.15, 0.2) is 6.61 Å². The summed E-state index contributed by atoms with van der Waals surface area (Å²) >= 11 is 11.4. The Hall–Kier alpha value is -2.31. The average molecular weight is 369 g/mol. The Balaban J connectivity index is 1.86. The maximum Gasteiger partial charge on any atom is 0.340 e. The summed E-state index contributed by atoms with van der Waals surface area (Å²) in [4.78, 5) is 27.4. The Labute approximate surface area is 148 Å². The van der Waals surface area contributed by atoms with Crippen molar-refractivity contribution in [2.45, 2.75) is 6.92 Å². The minimum atomic E-state index is -0.720. The van der Waals surface area contributed by atoms with Crippen LogP contribution in [0.3, 0.4) is 0 Å². The van der Waals surface area contributed by atoms with Gasteiger partial charge in [0.25, 0.3) is 5.91 Å². The molecule has 126 valence electrons. The van der Waals surface area contributed by atoms with Crippen LogP contribution in [0.5, 0.6) is 5.75 Å². The smallest absolute Gasteiger partial charge is 0.340 e. The van der Waals surface area contributed by atoms with Crippen LogP contribution in [0.25, 0.3) is 0 Å². The molecule has 2 rings (SSSR count). The first kappa shape index (κ1) is 18.0. The van der Waals surface area contributed by atoms with Crippen molar-refractivity contribution in [3.63, 3.8) is 0 Å². The van der Waals surface area contributed by atoms with Crippen LogP contribution in [0.2, 0.25) is 10.2 Å². The summed E-state index contributed by atoms with van der Waals surface area (Å²) in [5.74, 6) is -0.488. The van der Waals surface area contributed by atoms with Gasteiger partial charge in [-0.2, -0.15) is 0 Å². The summed E-state index contributed by atoms with van der Waals surface area (Å²) in [5, 5.41) is 2.82. The van der Waals surface area contributed by atoms with Crippen LogP contribution in [0.1, 0.15) is 17.3 Å². The summed E-state index contributed by atoms with van der Waals surface area (Å²) < 4.78 is 10.2. The fraction of sp³-hybridized carbons (Fsp3) is 0.188. The van der Waals surface area contributed by atoms with Gasteiger partial charge >= 0.3 is 5.97 Å². The Kier molecular flexibility index (Phi) is 6.40. The van der Waals surface area contributed by atoms with E-state index in [0.717, 1.165) is 0 Å². The van der Waals surface area contributed by atoms with Gasteiger partial charge in [0.1, 0.15) is 10.9 Å². The van der Waals surface area contributed by atoms with Gasteiger partial charge in [0.2, 0.25) is 0 Å². The number of amides is 1. The molecule has 8 heteroatoms. The van der Waals surface area contributed by atoms with Gasteiger partial charge in [-0.3, -0.25) is 4.79 Å². The van der Waals surface area contributed by atoms with E-state index in [4.69, 9.17) is 32.7 Å². The minimum Gasteiger partial charge on any atom is -0.494 e. The molecule has 0 spiro atoms. The molecular weight excluding hydrogens is 355 g/mol. The fourth-order valence-electron chi connectivity index (χ4n) is 1.75. The van der Waals surface area contributed by atoms with E-state index in [2.05, 4.69) is 10.3 Å². The maximum atomic E-state index is 11.8. The number of rotatable bonds is 6. The van der Waals surface area contributed by atoms with Crippen molar-refractivity contribution in [3.05, 3.63) is 52.3 Å². The highest BCUT2D eigenvalue weighted by Crippen LogP contribution is 2.20. The number of benzene rings is 1. The number of hydrogen-bond acceptors (Lipinski definition) is 5. The fourth-order valence-corrected chi connectivity index (χ4v) is 2.02. The highest BCUT2D eigenvalue weighted by atomic mass is 35.5. The topological polar surface area (TPSA) is 77.5 Å². The minimum absolute atomic E-state index is 0.0847. The predicted molar refractivity (Wildman–Crippen MR) is 90.8 cm³/mol. The Bertz CT molecular complexity index is 735. The van der Waals surface area contributed by atoms with Crippen molar-refractivity contribution in [1.29, 1.82) is 0 Å². The second-order valence-corrected chi connectivity index (χ2v) is 5.34. The number of anilines is 1. The van der Waals surface area contributed by atoms with E-state index >= 15 is 0 Å². The molecule has 0 aliphatic rings. The van der Waals surface area contributed by atoms with Gasteiger partial charge in [0, 0.05) is 11.9 Å². The zero-order valence-corrected chi connectivity index (χ0v) is 14.2. The first-order valence-corrected chi connectivity index (χ1v) is 7.76. The van der Waals surface area contributed by atoms with Crippen molar-refractivity contribution in [2.75, 3.05) is 18.5 Å². The molecule has 2 aromatic rings. The number of nitrogens with one attached hydrogen (secondary N) is 1. The number of pyridine rings is 1. The van der Waals surface area contributed by atoms with Crippen LogP contribution in [0, 0.1) is 0 Å². The average Bonchev–Trinajstić information content (AvgIpc) is 2.57. The molecule has 1 amide bonds. The van der Waals surface area contributed by atoms with Gasteiger partial charge in [-0.25, -0.2) is 9.78 Å². The molecular formula is C16H14Cl2N2O4. The molecule has 0 aliphatic heterocycles. The van der Waals surface area contributed by atoms with Gasteiger partial charge in [-0.15, -0.1) is 0 Å². The number of aromatic nitrogens is 1. The summed E-state index contributed by atoms with van der Waals surface area (Å²) in [7, 11) is 0. The standard InChI is InChI=1S/C16H14Cl2N2O4/c1-2-23-12-5-3-11(4-6-12)20-14(21)9-24-16(22)10-7-13(17)15(18)19-8-10/h3-8H,2,9H2,1H3,(H,20,21). The number of hydrogen-bond donors (Lipinski definition) is 1. The number of carbonyl (C=O) groups excluding carboxylic acids is 2. The van der Waals surface area contributed by atoms with Crippen LogP contribution in [0.4, 0.5) is 5.69 Å². The van der Waals surface area contributed by atoms with Crippen molar-refractivity contribution in [1.82, 2.24) is 4.98 Å². The van der Waals surface area contributed by atoms with E-state index < -0.39 is 18.5 Å². The molecule has 1 heterocycles. The van der Waals surface area contributed by atoms with Gasteiger partial charge in [-0.05, 0) is 37.3 Å². The van der Waals surface area contributed by atoms with Crippen molar-refractivity contribution in [2.24, 2.45) is 0 Å². The molecule has 0 saturated carbocycles. The molecule has 1 aromatic carbocycles. The van der Waals surface area contributed by atoms with Crippen molar-refractivity contribution >= 4 is 40.8 Å². The Morgan fingerprint density at radius 1 is 1.21 bits per heavy atom. The second-order valence-electron chi connectivity index (χ2n) is 4.58. The maximum absolute atomic E-state index is 11.8. The molecule has 1 aromatic heterocycles. The SMILES string of the molecule is CCOc1ccc(NC(=O)COC(=O)c2cnc(Cl)c(Cl)c2)cc1. The van der Waals surface area contributed by atoms with E-state index in [1.807, 2.05) is 6.92 Å². The Morgan fingerprint density at radius 2 is 1.92 bits per heavy atom. The quantitative estimate of drug-likeness (QED) is 0.622. The van der Waals surface area contributed by atoms with Crippen LogP contribution in [0.15, 0.2) is 36.5 Å². The number of carbonyl (C=O) groups is 2. The van der Waals surface area contributed by atoms with Crippen LogP contribution in [-0.2, 0) is 9.53 Å². The number of ether oxygens (including phenoxy) is 2. The summed E-state index contributed by atoms with van der Waals surface area (Å²) in [6.07, 6.45) is 1.22. The van der Waals surface area contributed by atoms with Crippen molar-refractivity contribution in [3.8, 4) is 5.75 Å². The number of halogens is 2. The highest BCUT2D eigenvalue weighted by molar-refractivity contribution is 6.41. The summed E-state index contributed by atoms with van der Waals surface area (Å²) in [5.41, 5.74) is 0.675. The van der Waals surface area contributed by atoms with Crippen molar-refractivity contribution < 1.29 is 19.1 Å². The van der Waals surface area contributed by atoms with Gasteiger partial charge in [-0.1, -0.05) is 23.2 Å². The molecule has 24 heavy (non-hydrogen) atoms. The molecule has 0 bridgehead atoms. The van der Waals surface area contributed by atoms with E-state index in [-0.39, 0.29) is 15.7 Å². The lowest BCUT2D eigenvalue weighted by molar-refractivity contribution is -0.119. The molecule has 0 unspecified atom stereocenters. The lowest BCUT2D eigenvalue weighted by atomic mass is 10.3. The first-order valence-electron chi connectivity index (χ1n) is 7.00. The zero-order valence-electron chi connectivity index (χ0n) is 12.7. The molecule has 0 aliphatic carbocycles. The summed E-state index contributed by atoms with van der Waals surface area (Å²) in [6.45, 7) is 2.00. The largest absolute Gasteiger partial charge is 0.494 e. The molecule has 6 nitrogen and oxygen atoms in total. The lowest BCUT2D eigenvalue weighted by Gasteiger charge is -2.08. The predicted octanol–water partition coefficient (Wildman–Crippen LogP) is 3.58. The van der Waals surface area contributed by atoms with Crippen LogP contribution < -0.4 is 10.1 Å². The molecule has 0 fully saturated rings. The van der Waals surface area contributed by atoms with Gasteiger partial charge in [0.05, 0.1) is 17.2 Å². The third kappa shape index (κ3) is 5.11. The van der Waals surface area contributed by atoms with Gasteiger partial charge < -0.3 is 14.8 Å².